The molecule has 0 aliphatic carbocycles. The Morgan fingerprint density at radius 2 is 1.88 bits per heavy atom. The number of ether oxygens (including phenoxy) is 3. The molecule has 2 aromatic rings. The van der Waals surface area contributed by atoms with Crippen LogP contribution < -0.4 is 20.5 Å². The van der Waals surface area contributed by atoms with Crippen LogP contribution in [0.1, 0.15) is 10.4 Å². The molecule has 0 fully saturated rings. The molecule has 0 aliphatic rings. The van der Waals surface area contributed by atoms with Crippen molar-refractivity contribution in [3.8, 4) is 11.5 Å². The molecule has 0 spiro atoms. The number of nitrogens with one attached hydrogen (secondary N) is 1. The maximum Gasteiger partial charge on any atom is 0.340 e. The van der Waals surface area contributed by atoms with Gasteiger partial charge in [0.15, 0.2) is 6.61 Å². The van der Waals surface area contributed by atoms with Crippen molar-refractivity contribution in [3.63, 3.8) is 0 Å². The summed E-state index contributed by atoms with van der Waals surface area (Å²) >= 11 is 5.77. The third-order valence-electron chi connectivity index (χ3n) is 3.25. The molecule has 0 saturated heterocycles. The first kappa shape index (κ1) is 18.4. The van der Waals surface area contributed by atoms with Crippen LogP contribution >= 0.6 is 11.6 Å². The molecule has 2 aromatic carbocycles. The summed E-state index contributed by atoms with van der Waals surface area (Å²) in [6.07, 6.45) is 0. The smallest absolute Gasteiger partial charge is 0.340 e. The van der Waals surface area contributed by atoms with E-state index in [1.165, 1.54) is 32.4 Å². The van der Waals surface area contributed by atoms with E-state index in [1.807, 2.05) is 0 Å². The second-order valence-electron chi connectivity index (χ2n) is 4.92. The van der Waals surface area contributed by atoms with Crippen molar-refractivity contribution in [2.24, 2.45) is 0 Å². The SMILES string of the molecule is COc1ccc(NC(=O)COC(=O)c2ccc(Cl)cc2N)c(OC)c1. The molecule has 8 heteroatoms. The Morgan fingerprint density at radius 1 is 1.12 bits per heavy atom. The number of hydrogen-bond acceptors (Lipinski definition) is 6. The lowest BCUT2D eigenvalue weighted by molar-refractivity contribution is -0.119. The molecule has 25 heavy (non-hydrogen) atoms. The number of esters is 1. The first-order valence-electron chi connectivity index (χ1n) is 7.18. The minimum absolute atomic E-state index is 0.138. The summed E-state index contributed by atoms with van der Waals surface area (Å²) in [7, 11) is 2.99. The highest BCUT2D eigenvalue weighted by atomic mass is 35.5. The van der Waals surface area contributed by atoms with Gasteiger partial charge in [-0.25, -0.2) is 4.79 Å². The summed E-state index contributed by atoms with van der Waals surface area (Å²) in [6.45, 7) is -0.476. The normalized spacial score (nSPS) is 10.0. The molecule has 0 saturated carbocycles. The summed E-state index contributed by atoms with van der Waals surface area (Å²) in [5.74, 6) is -0.240. The van der Waals surface area contributed by atoms with Crippen LogP contribution in [0.4, 0.5) is 11.4 Å². The average Bonchev–Trinajstić information content (AvgIpc) is 2.60. The number of nitrogens with two attached hydrogens (primary N) is 1. The molecule has 0 unspecified atom stereocenters. The lowest BCUT2D eigenvalue weighted by Crippen LogP contribution is -2.21. The van der Waals surface area contributed by atoms with Gasteiger partial charge < -0.3 is 25.3 Å². The van der Waals surface area contributed by atoms with Crippen LogP contribution in [-0.2, 0) is 9.53 Å². The van der Waals surface area contributed by atoms with E-state index in [1.54, 1.807) is 18.2 Å². The van der Waals surface area contributed by atoms with Gasteiger partial charge in [0.05, 0.1) is 25.5 Å². The van der Waals surface area contributed by atoms with Gasteiger partial charge in [0.25, 0.3) is 5.91 Å². The molecule has 1 amide bonds. The highest BCUT2D eigenvalue weighted by Crippen LogP contribution is 2.29. The van der Waals surface area contributed by atoms with Crippen molar-refractivity contribution in [1.82, 2.24) is 0 Å². The van der Waals surface area contributed by atoms with Crippen LogP contribution in [0, 0.1) is 0 Å². The highest BCUT2D eigenvalue weighted by molar-refractivity contribution is 6.31. The standard InChI is InChI=1S/C17H17ClN2O5/c1-23-11-4-6-14(15(8-11)24-2)20-16(21)9-25-17(22)12-5-3-10(18)7-13(12)19/h3-8H,9,19H2,1-2H3,(H,20,21). The monoisotopic (exact) mass is 364 g/mol. The quantitative estimate of drug-likeness (QED) is 0.604. The maximum absolute atomic E-state index is 12.0. The molecule has 7 nitrogen and oxygen atoms in total. The Labute approximate surface area is 149 Å². The van der Waals surface area contributed by atoms with E-state index in [9.17, 15) is 9.59 Å². The number of rotatable bonds is 6. The lowest BCUT2D eigenvalue weighted by Gasteiger charge is -2.12. The molecule has 2 rings (SSSR count). The lowest BCUT2D eigenvalue weighted by atomic mass is 10.2. The van der Waals surface area contributed by atoms with Gasteiger partial charge in [-0.2, -0.15) is 0 Å². The maximum atomic E-state index is 12.0. The number of benzene rings is 2. The first-order chi connectivity index (χ1) is 11.9. The third-order valence-corrected chi connectivity index (χ3v) is 3.49. The van der Waals surface area contributed by atoms with Gasteiger partial charge in [0.1, 0.15) is 11.5 Å². The second kappa shape index (κ2) is 8.25. The first-order valence-corrected chi connectivity index (χ1v) is 7.56. The molecule has 0 atom stereocenters. The van der Waals surface area contributed by atoms with Gasteiger partial charge in [-0.3, -0.25) is 4.79 Å². The number of amides is 1. The molecule has 132 valence electrons. The number of nitrogen functional groups attached to an aromatic ring is 1. The van der Waals surface area contributed by atoms with Gasteiger partial charge in [0.2, 0.25) is 0 Å². The Kier molecular flexibility index (Phi) is 6.08. The van der Waals surface area contributed by atoms with Crippen LogP contribution in [0.3, 0.4) is 0 Å². The largest absolute Gasteiger partial charge is 0.497 e. The fourth-order valence-electron chi connectivity index (χ4n) is 2.02. The molecular formula is C17H17ClN2O5. The molecule has 0 aromatic heterocycles. The van der Waals surface area contributed by atoms with Gasteiger partial charge in [-0.1, -0.05) is 11.6 Å². The molecule has 3 N–H and O–H groups in total. The Bertz CT molecular complexity index is 795. The Morgan fingerprint density at radius 3 is 2.52 bits per heavy atom. The van der Waals surface area contributed by atoms with Crippen LogP contribution in [-0.4, -0.2) is 32.7 Å². The van der Waals surface area contributed by atoms with Gasteiger partial charge in [-0.15, -0.1) is 0 Å². The van der Waals surface area contributed by atoms with Gasteiger partial charge in [-0.05, 0) is 30.3 Å². The number of anilines is 2. The van der Waals surface area contributed by atoms with Crippen molar-refractivity contribution in [2.75, 3.05) is 31.9 Å². The van der Waals surface area contributed by atoms with Gasteiger partial charge >= 0.3 is 5.97 Å². The summed E-state index contributed by atoms with van der Waals surface area (Å²) in [5, 5.41) is 3.00. The molecule has 0 aliphatic heterocycles. The van der Waals surface area contributed by atoms with Crippen LogP contribution in [0.5, 0.6) is 11.5 Å². The van der Waals surface area contributed by atoms with E-state index in [-0.39, 0.29) is 11.3 Å². The van der Waals surface area contributed by atoms with Gasteiger partial charge in [0, 0.05) is 16.8 Å². The zero-order valence-corrected chi connectivity index (χ0v) is 14.4. The number of carbonyl (C=O) groups is 2. The second-order valence-corrected chi connectivity index (χ2v) is 5.36. The van der Waals surface area contributed by atoms with E-state index in [0.29, 0.717) is 22.2 Å². The van der Waals surface area contributed by atoms with Crippen molar-refractivity contribution >= 4 is 34.9 Å². The van der Waals surface area contributed by atoms with E-state index in [2.05, 4.69) is 5.32 Å². The van der Waals surface area contributed by atoms with Crippen molar-refractivity contribution in [2.45, 2.75) is 0 Å². The fraction of sp³-hybridized carbons (Fsp3) is 0.176. The highest BCUT2D eigenvalue weighted by Gasteiger charge is 2.15. The predicted molar refractivity (Wildman–Crippen MR) is 94.3 cm³/mol. The van der Waals surface area contributed by atoms with Crippen LogP contribution in [0.15, 0.2) is 36.4 Å². The Balaban J connectivity index is 1.98. The zero-order valence-electron chi connectivity index (χ0n) is 13.7. The summed E-state index contributed by atoms with van der Waals surface area (Å²) in [4.78, 5) is 24.0. The average molecular weight is 365 g/mol. The summed E-state index contributed by atoms with van der Waals surface area (Å²) in [6, 6.07) is 9.28. The van der Waals surface area contributed by atoms with Crippen LogP contribution in [0.25, 0.3) is 0 Å². The minimum Gasteiger partial charge on any atom is -0.497 e. The van der Waals surface area contributed by atoms with E-state index < -0.39 is 18.5 Å². The zero-order chi connectivity index (χ0) is 18.4. The van der Waals surface area contributed by atoms with Crippen molar-refractivity contribution in [3.05, 3.63) is 47.0 Å². The number of methoxy groups -OCH3 is 2. The summed E-state index contributed by atoms with van der Waals surface area (Å²) in [5.41, 5.74) is 6.44. The van der Waals surface area contributed by atoms with E-state index in [0.717, 1.165) is 0 Å². The van der Waals surface area contributed by atoms with E-state index >= 15 is 0 Å². The number of hydrogen-bond donors (Lipinski definition) is 2. The topological polar surface area (TPSA) is 99.9 Å². The third kappa shape index (κ3) is 4.77. The Hall–Kier alpha value is -2.93. The van der Waals surface area contributed by atoms with E-state index in [4.69, 9.17) is 31.5 Å². The number of halogens is 1. The van der Waals surface area contributed by atoms with Crippen molar-refractivity contribution in [1.29, 1.82) is 0 Å². The minimum atomic E-state index is -0.717. The summed E-state index contributed by atoms with van der Waals surface area (Å²) < 4.78 is 15.2. The fourth-order valence-corrected chi connectivity index (χ4v) is 2.20. The van der Waals surface area contributed by atoms with Crippen LogP contribution in [0.2, 0.25) is 5.02 Å². The molecule has 0 heterocycles. The van der Waals surface area contributed by atoms with Crippen molar-refractivity contribution < 1.29 is 23.8 Å². The predicted octanol–water partition coefficient (Wildman–Crippen LogP) is 2.73. The number of carbonyl (C=O) groups excluding carboxylic acids is 2. The molecule has 0 bridgehead atoms. The molecule has 0 radical (unpaired) electrons. The molecular weight excluding hydrogens is 348 g/mol.